The van der Waals surface area contributed by atoms with Crippen LogP contribution in [-0.2, 0) is 13.0 Å². The van der Waals surface area contributed by atoms with E-state index in [0.717, 1.165) is 22.3 Å². The first kappa shape index (κ1) is 17.2. The Hall–Kier alpha value is -2.96. The molecule has 5 rings (SSSR count). The third-order valence-corrected chi connectivity index (χ3v) is 5.19. The standard InChI is InChI=1S/C22H21N3O3/c26-17-12-19(22-23-21(24-28-22)10-15-6-2-1-3-7-15)25(13-17)14-18-11-16-8-4-5-9-20(16)27-18/h1-9,11,17,19,26H,10,12-14H2/t17-,19-/m1/s1. The van der Waals surface area contributed by atoms with E-state index in [9.17, 15) is 5.11 Å². The largest absolute Gasteiger partial charge is 0.460 e. The molecule has 0 aliphatic carbocycles. The fraction of sp³-hybridized carbons (Fsp3) is 0.273. The SMILES string of the molecule is O[C@@H]1C[C@H](c2nc(Cc3ccccc3)no2)N(Cc2cc3ccccc3o2)C1. The van der Waals surface area contributed by atoms with Crippen LogP contribution in [0.5, 0.6) is 0 Å². The molecule has 0 radical (unpaired) electrons. The number of β-amino-alcohol motifs (C(OH)–C–C–N with tert-alkyl or cyclic N) is 1. The van der Waals surface area contributed by atoms with Crippen LogP contribution in [0.2, 0.25) is 0 Å². The van der Waals surface area contributed by atoms with E-state index in [2.05, 4.69) is 15.0 Å². The predicted molar refractivity (Wildman–Crippen MR) is 104 cm³/mol. The molecule has 142 valence electrons. The number of fused-ring (bicyclic) bond motifs is 1. The van der Waals surface area contributed by atoms with Crippen molar-refractivity contribution in [3.8, 4) is 0 Å². The maximum absolute atomic E-state index is 10.2. The summed E-state index contributed by atoms with van der Waals surface area (Å²) in [5, 5.41) is 15.4. The highest BCUT2D eigenvalue weighted by Gasteiger charge is 2.36. The maximum Gasteiger partial charge on any atom is 0.244 e. The molecule has 6 heteroatoms. The summed E-state index contributed by atoms with van der Waals surface area (Å²) in [4.78, 5) is 6.74. The summed E-state index contributed by atoms with van der Waals surface area (Å²) < 4.78 is 11.5. The highest BCUT2D eigenvalue weighted by atomic mass is 16.5. The second kappa shape index (κ2) is 7.22. The summed E-state index contributed by atoms with van der Waals surface area (Å²) >= 11 is 0. The van der Waals surface area contributed by atoms with Crippen LogP contribution >= 0.6 is 0 Å². The first-order valence-electron chi connectivity index (χ1n) is 9.50. The Kier molecular flexibility index (Phi) is 4.43. The molecule has 0 saturated carbocycles. The number of aliphatic hydroxyl groups is 1. The van der Waals surface area contributed by atoms with E-state index in [1.54, 1.807) is 0 Å². The van der Waals surface area contributed by atoms with Gasteiger partial charge < -0.3 is 14.0 Å². The number of para-hydroxylation sites is 1. The topological polar surface area (TPSA) is 75.5 Å². The predicted octanol–water partition coefficient (Wildman–Crippen LogP) is 3.71. The third kappa shape index (κ3) is 3.44. The molecule has 28 heavy (non-hydrogen) atoms. The van der Waals surface area contributed by atoms with Crippen molar-refractivity contribution in [1.29, 1.82) is 0 Å². The van der Waals surface area contributed by atoms with Gasteiger partial charge in [0.2, 0.25) is 5.89 Å². The van der Waals surface area contributed by atoms with Crippen LogP contribution in [0.3, 0.4) is 0 Å². The zero-order valence-electron chi connectivity index (χ0n) is 15.4. The van der Waals surface area contributed by atoms with Crippen molar-refractivity contribution in [2.75, 3.05) is 6.54 Å². The number of aromatic nitrogens is 2. The van der Waals surface area contributed by atoms with E-state index in [4.69, 9.17) is 8.94 Å². The van der Waals surface area contributed by atoms with Gasteiger partial charge in [-0.15, -0.1) is 0 Å². The minimum Gasteiger partial charge on any atom is -0.460 e. The van der Waals surface area contributed by atoms with Gasteiger partial charge in [0.1, 0.15) is 11.3 Å². The lowest BCUT2D eigenvalue weighted by molar-refractivity contribution is 0.164. The monoisotopic (exact) mass is 375 g/mol. The molecule has 0 spiro atoms. The molecule has 6 nitrogen and oxygen atoms in total. The number of nitrogens with zero attached hydrogens (tertiary/aromatic N) is 3. The van der Waals surface area contributed by atoms with Crippen LogP contribution in [0.25, 0.3) is 11.0 Å². The number of rotatable bonds is 5. The normalized spacial score (nSPS) is 20.2. The van der Waals surface area contributed by atoms with E-state index in [0.29, 0.717) is 37.6 Å². The van der Waals surface area contributed by atoms with Gasteiger partial charge in [-0.05, 0) is 24.1 Å². The van der Waals surface area contributed by atoms with Crippen molar-refractivity contribution < 1.29 is 14.0 Å². The van der Waals surface area contributed by atoms with Gasteiger partial charge in [0.25, 0.3) is 0 Å². The number of aliphatic hydroxyl groups excluding tert-OH is 1. The molecule has 0 unspecified atom stereocenters. The average molecular weight is 375 g/mol. The van der Waals surface area contributed by atoms with Gasteiger partial charge in [-0.2, -0.15) is 4.98 Å². The van der Waals surface area contributed by atoms with Crippen LogP contribution in [0.4, 0.5) is 0 Å². The number of benzene rings is 2. The molecule has 1 saturated heterocycles. The van der Waals surface area contributed by atoms with Gasteiger partial charge in [-0.25, -0.2) is 0 Å². The molecule has 1 aliphatic rings. The average Bonchev–Trinajstić information content (AvgIpc) is 3.41. The zero-order valence-corrected chi connectivity index (χ0v) is 15.4. The Labute approximate surface area is 162 Å². The van der Waals surface area contributed by atoms with Gasteiger partial charge in [0.05, 0.1) is 18.7 Å². The molecular formula is C22H21N3O3. The van der Waals surface area contributed by atoms with Crippen molar-refractivity contribution in [2.24, 2.45) is 0 Å². The lowest BCUT2D eigenvalue weighted by Gasteiger charge is -2.19. The molecule has 2 atom stereocenters. The van der Waals surface area contributed by atoms with Crippen LogP contribution in [0, 0.1) is 0 Å². The number of furan rings is 1. The van der Waals surface area contributed by atoms with E-state index in [-0.39, 0.29) is 6.04 Å². The zero-order chi connectivity index (χ0) is 18.9. The van der Waals surface area contributed by atoms with Gasteiger partial charge >= 0.3 is 0 Å². The Balaban J connectivity index is 1.34. The quantitative estimate of drug-likeness (QED) is 0.573. The maximum atomic E-state index is 10.2. The lowest BCUT2D eigenvalue weighted by Crippen LogP contribution is -2.24. The highest BCUT2D eigenvalue weighted by Crippen LogP contribution is 2.33. The van der Waals surface area contributed by atoms with Gasteiger partial charge in [-0.1, -0.05) is 53.7 Å². The van der Waals surface area contributed by atoms with Crippen LogP contribution < -0.4 is 0 Å². The summed E-state index contributed by atoms with van der Waals surface area (Å²) in [5.41, 5.74) is 2.01. The van der Waals surface area contributed by atoms with E-state index in [1.807, 2.05) is 60.7 Å². The molecule has 4 aromatic rings. The first-order valence-corrected chi connectivity index (χ1v) is 9.50. The summed E-state index contributed by atoms with van der Waals surface area (Å²) in [6.45, 7) is 1.14. The Morgan fingerprint density at radius 3 is 2.75 bits per heavy atom. The van der Waals surface area contributed by atoms with Crippen LogP contribution in [-0.4, -0.2) is 32.8 Å². The summed E-state index contributed by atoms with van der Waals surface area (Å²) in [6, 6.07) is 20.0. The number of likely N-dealkylation sites (tertiary alicyclic amines) is 1. The van der Waals surface area contributed by atoms with Crippen molar-refractivity contribution in [2.45, 2.75) is 31.5 Å². The smallest absolute Gasteiger partial charge is 0.244 e. The van der Waals surface area contributed by atoms with Gasteiger partial charge in [-0.3, -0.25) is 4.90 Å². The number of hydrogen-bond acceptors (Lipinski definition) is 6. The summed E-state index contributed by atoms with van der Waals surface area (Å²) in [5.74, 6) is 2.08. The molecule has 1 fully saturated rings. The molecule has 2 aromatic carbocycles. The lowest BCUT2D eigenvalue weighted by atomic mass is 10.1. The summed E-state index contributed by atoms with van der Waals surface area (Å²) in [6.07, 6.45) is 0.787. The fourth-order valence-electron chi connectivity index (χ4n) is 3.88. The Morgan fingerprint density at radius 2 is 1.89 bits per heavy atom. The van der Waals surface area contributed by atoms with Crippen LogP contribution in [0.1, 0.15) is 35.5 Å². The summed E-state index contributed by atoms with van der Waals surface area (Å²) in [7, 11) is 0. The van der Waals surface area contributed by atoms with Crippen molar-refractivity contribution in [3.63, 3.8) is 0 Å². The Bertz CT molecular complexity index is 1040. The second-order valence-corrected chi connectivity index (χ2v) is 7.30. The minimum atomic E-state index is -0.418. The highest BCUT2D eigenvalue weighted by molar-refractivity contribution is 5.77. The van der Waals surface area contributed by atoms with E-state index >= 15 is 0 Å². The minimum absolute atomic E-state index is 0.111. The molecular weight excluding hydrogens is 354 g/mol. The van der Waals surface area contributed by atoms with Crippen LogP contribution in [0.15, 0.2) is 69.6 Å². The van der Waals surface area contributed by atoms with Crippen molar-refractivity contribution in [1.82, 2.24) is 15.0 Å². The van der Waals surface area contributed by atoms with Gasteiger partial charge in [0.15, 0.2) is 5.82 Å². The Morgan fingerprint density at radius 1 is 1.07 bits per heavy atom. The second-order valence-electron chi connectivity index (χ2n) is 7.30. The molecule has 0 bridgehead atoms. The van der Waals surface area contributed by atoms with Crippen molar-refractivity contribution in [3.05, 3.63) is 83.7 Å². The molecule has 1 N–H and O–H groups in total. The fourth-order valence-corrected chi connectivity index (χ4v) is 3.88. The van der Waals surface area contributed by atoms with Gasteiger partial charge in [0, 0.05) is 18.4 Å². The molecule has 2 aromatic heterocycles. The number of hydrogen-bond donors (Lipinski definition) is 1. The van der Waals surface area contributed by atoms with E-state index in [1.165, 1.54) is 0 Å². The van der Waals surface area contributed by atoms with Crippen molar-refractivity contribution >= 4 is 11.0 Å². The first-order chi connectivity index (χ1) is 13.7. The molecule has 3 heterocycles. The van der Waals surface area contributed by atoms with E-state index < -0.39 is 6.10 Å². The molecule has 1 aliphatic heterocycles. The third-order valence-electron chi connectivity index (χ3n) is 5.19. The molecule has 0 amide bonds.